The van der Waals surface area contributed by atoms with Gasteiger partial charge in [-0.1, -0.05) is 35.3 Å². The maximum atomic E-state index is 13.3. The van der Waals surface area contributed by atoms with Crippen LogP contribution in [-0.2, 0) is 29.5 Å². The van der Waals surface area contributed by atoms with Gasteiger partial charge in [0.05, 0.1) is 27.9 Å². The highest BCUT2D eigenvalue weighted by Crippen LogP contribution is 2.32. The summed E-state index contributed by atoms with van der Waals surface area (Å²) in [5.41, 5.74) is 2.90. The third kappa shape index (κ3) is 6.82. The van der Waals surface area contributed by atoms with E-state index in [-0.39, 0.29) is 23.2 Å². The molecule has 2 aliphatic rings. The number of aryl methyl sites for hydroxylation is 2. The Bertz CT molecular complexity index is 1480. The summed E-state index contributed by atoms with van der Waals surface area (Å²) in [4.78, 5) is 11.7. The summed E-state index contributed by atoms with van der Waals surface area (Å²) in [6.07, 6.45) is 5.69. The number of ether oxygens (including phenoxy) is 2. The average Bonchev–Trinajstić information content (AvgIpc) is 2.94. The molecule has 1 aliphatic heterocycles. The molecule has 8 nitrogen and oxygen atoms in total. The van der Waals surface area contributed by atoms with E-state index in [1.807, 2.05) is 12.1 Å². The van der Waals surface area contributed by atoms with Gasteiger partial charge in [-0.15, -0.1) is 0 Å². The minimum absolute atomic E-state index is 0.0627. The summed E-state index contributed by atoms with van der Waals surface area (Å²) in [5.74, 6) is 1.30. The molecule has 0 unspecified atom stereocenters. The predicted molar refractivity (Wildman–Crippen MR) is 157 cm³/mol. The molecule has 1 aromatic heterocycles. The Kier molecular flexibility index (Phi) is 9.05. The molecule has 214 valence electrons. The normalized spacial score (nSPS) is 16.4. The number of benzene rings is 2. The van der Waals surface area contributed by atoms with Crippen molar-refractivity contribution < 1.29 is 17.9 Å². The number of aromatic nitrogens is 2. The van der Waals surface area contributed by atoms with E-state index >= 15 is 0 Å². The van der Waals surface area contributed by atoms with Crippen molar-refractivity contribution in [2.75, 3.05) is 31.5 Å². The monoisotopic (exact) mass is 604 g/mol. The highest BCUT2D eigenvalue weighted by atomic mass is 35.5. The van der Waals surface area contributed by atoms with Crippen LogP contribution >= 0.6 is 23.2 Å². The Balaban J connectivity index is 1.35. The van der Waals surface area contributed by atoms with Crippen molar-refractivity contribution in [3.05, 3.63) is 69.0 Å². The standard InChI is InChI=1S/C29H34Cl2N4O4S/c1-19-22(30)6-5-9-27(19)40(36,37)34-28-29(33-25-8-4-3-7-24(25)32-28)39-18-21-10-11-23(31)26(16-21)38-17-20-12-14-35(2)15-13-20/h5-6,9-11,16,20H,3-4,7-8,12-15,17-18H2,1-2H3,(H,32,34). The fourth-order valence-electron chi connectivity index (χ4n) is 5.04. The van der Waals surface area contributed by atoms with Crippen molar-refractivity contribution in [2.45, 2.75) is 57.0 Å². The number of nitrogens with one attached hydrogen (secondary N) is 1. The lowest BCUT2D eigenvalue weighted by atomic mass is 9.98. The first-order chi connectivity index (χ1) is 19.2. The van der Waals surface area contributed by atoms with Gasteiger partial charge in [-0.3, -0.25) is 4.72 Å². The maximum absolute atomic E-state index is 13.3. The quantitative estimate of drug-likeness (QED) is 0.317. The van der Waals surface area contributed by atoms with Gasteiger partial charge in [-0.2, -0.15) is 0 Å². The number of nitrogens with zero attached hydrogens (tertiary/aromatic N) is 3. The van der Waals surface area contributed by atoms with Crippen molar-refractivity contribution in [2.24, 2.45) is 5.92 Å². The number of likely N-dealkylation sites (tertiary alicyclic amines) is 1. The van der Waals surface area contributed by atoms with Gasteiger partial charge >= 0.3 is 0 Å². The SMILES string of the molecule is Cc1c(Cl)cccc1S(=O)(=O)Nc1nc2c(nc1OCc1ccc(Cl)c(OCC3CCN(C)CC3)c1)CCCC2. The molecule has 1 aliphatic carbocycles. The van der Waals surface area contributed by atoms with Gasteiger partial charge in [0.25, 0.3) is 15.9 Å². The summed E-state index contributed by atoms with van der Waals surface area (Å²) in [6, 6.07) is 10.3. The molecule has 3 aromatic rings. The molecule has 0 saturated carbocycles. The number of piperidine rings is 1. The molecule has 5 rings (SSSR count). The van der Waals surface area contributed by atoms with Crippen LogP contribution in [0.5, 0.6) is 11.6 Å². The van der Waals surface area contributed by atoms with Gasteiger partial charge in [0, 0.05) is 5.02 Å². The summed E-state index contributed by atoms with van der Waals surface area (Å²) < 4.78 is 41.5. The molecule has 0 radical (unpaired) electrons. The molecule has 40 heavy (non-hydrogen) atoms. The third-order valence-electron chi connectivity index (χ3n) is 7.52. The lowest BCUT2D eigenvalue weighted by Crippen LogP contribution is -2.32. The van der Waals surface area contributed by atoms with E-state index < -0.39 is 10.0 Å². The molecule has 1 N–H and O–H groups in total. The van der Waals surface area contributed by atoms with Gasteiger partial charge in [0.15, 0.2) is 0 Å². The van der Waals surface area contributed by atoms with E-state index in [0.717, 1.165) is 68.6 Å². The molecule has 2 aromatic carbocycles. The molecule has 11 heteroatoms. The molecular weight excluding hydrogens is 571 g/mol. The first kappa shape index (κ1) is 28.9. The van der Waals surface area contributed by atoms with Crippen LogP contribution in [0.15, 0.2) is 41.3 Å². The van der Waals surface area contributed by atoms with E-state index in [4.69, 9.17) is 37.7 Å². The van der Waals surface area contributed by atoms with Crippen molar-refractivity contribution in [3.63, 3.8) is 0 Å². The van der Waals surface area contributed by atoms with Crippen LogP contribution < -0.4 is 14.2 Å². The van der Waals surface area contributed by atoms with Crippen molar-refractivity contribution in [1.29, 1.82) is 0 Å². The van der Waals surface area contributed by atoms with Gasteiger partial charge in [-0.25, -0.2) is 18.4 Å². The van der Waals surface area contributed by atoms with E-state index in [0.29, 0.717) is 33.9 Å². The lowest BCUT2D eigenvalue weighted by Gasteiger charge is -2.28. The smallest absolute Gasteiger partial charge is 0.263 e. The minimum Gasteiger partial charge on any atom is -0.492 e. The van der Waals surface area contributed by atoms with Gasteiger partial charge in [0.2, 0.25) is 5.82 Å². The van der Waals surface area contributed by atoms with Crippen molar-refractivity contribution in [1.82, 2.24) is 14.9 Å². The first-order valence-corrected chi connectivity index (χ1v) is 15.8. The van der Waals surface area contributed by atoms with Crippen LogP contribution in [0.3, 0.4) is 0 Å². The molecule has 1 fully saturated rings. The van der Waals surface area contributed by atoms with Crippen molar-refractivity contribution >= 4 is 39.0 Å². The summed E-state index contributed by atoms with van der Waals surface area (Å²) in [7, 11) is -1.85. The van der Waals surface area contributed by atoms with E-state index in [1.54, 1.807) is 25.1 Å². The predicted octanol–water partition coefficient (Wildman–Crippen LogP) is 6.07. The van der Waals surface area contributed by atoms with Crippen LogP contribution in [0, 0.1) is 12.8 Å². The Morgan fingerprint density at radius 3 is 2.48 bits per heavy atom. The van der Waals surface area contributed by atoms with Crippen LogP contribution in [0.1, 0.15) is 48.2 Å². The fraction of sp³-hybridized carbons (Fsp3) is 0.448. The Labute approximate surface area is 246 Å². The van der Waals surface area contributed by atoms with Crippen LogP contribution in [0.2, 0.25) is 10.0 Å². The van der Waals surface area contributed by atoms with Crippen LogP contribution in [0.4, 0.5) is 5.82 Å². The third-order valence-corrected chi connectivity index (χ3v) is 9.72. The number of hydrogen-bond donors (Lipinski definition) is 1. The zero-order valence-corrected chi connectivity index (χ0v) is 25.1. The highest BCUT2D eigenvalue weighted by Gasteiger charge is 2.25. The molecule has 0 spiro atoms. The zero-order valence-electron chi connectivity index (χ0n) is 22.8. The van der Waals surface area contributed by atoms with E-state index in [2.05, 4.69) is 21.7 Å². The first-order valence-electron chi connectivity index (χ1n) is 13.6. The number of fused-ring (bicyclic) bond motifs is 1. The van der Waals surface area contributed by atoms with Crippen LogP contribution in [-0.4, -0.2) is 50.0 Å². The lowest BCUT2D eigenvalue weighted by molar-refractivity contribution is 0.160. The minimum atomic E-state index is -3.99. The molecule has 0 bridgehead atoms. The second-order valence-corrected chi connectivity index (χ2v) is 13.0. The molecular formula is C29H34Cl2N4O4S. The summed E-state index contributed by atoms with van der Waals surface area (Å²) in [6.45, 7) is 4.56. The van der Waals surface area contributed by atoms with Gasteiger partial charge in [0.1, 0.15) is 12.4 Å². The Morgan fingerprint density at radius 2 is 1.73 bits per heavy atom. The molecule has 2 heterocycles. The highest BCUT2D eigenvalue weighted by molar-refractivity contribution is 7.92. The second-order valence-electron chi connectivity index (χ2n) is 10.6. The number of sulfonamides is 1. The number of anilines is 1. The van der Waals surface area contributed by atoms with Crippen LogP contribution in [0.25, 0.3) is 0 Å². The number of halogens is 2. The van der Waals surface area contributed by atoms with Gasteiger partial charge in [-0.05, 0) is 107 Å². The zero-order chi connectivity index (χ0) is 28.3. The Morgan fingerprint density at radius 1 is 1.00 bits per heavy atom. The number of rotatable bonds is 9. The fourth-order valence-corrected chi connectivity index (χ4v) is 6.71. The van der Waals surface area contributed by atoms with Gasteiger partial charge < -0.3 is 14.4 Å². The summed E-state index contributed by atoms with van der Waals surface area (Å²) >= 11 is 12.6. The largest absolute Gasteiger partial charge is 0.492 e. The van der Waals surface area contributed by atoms with E-state index in [1.165, 1.54) is 6.07 Å². The Hall–Kier alpha value is -2.59. The topological polar surface area (TPSA) is 93.7 Å². The molecule has 0 atom stereocenters. The number of hydrogen-bond acceptors (Lipinski definition) is 7. The molecule has 0 amide bonds. The second kappa shape index (κ2) is 12.5. The maximum Gasteiger partial charge on any atom is 0.263 e. The van der Waals surface area contributed by atoms with E-state index in [9.17, 15) is 8.42 Å². The van der Waals surface area contributed by atoms with Crippen molar-refractivity contribution in [3.8, 4) is 11.6 Å². The summed E-state index contributed by atoms with van der Waals surface area (Å²) in [5, 5.41) is 0.906. The average molecular weight is 606 g/mol. The molecule has 1 saturated heterocycles.